The van der Waals surface area contributed by atoms with Crippen molar-refractivity contribution >= 4 is 11.9 Å². The smallest absolute Gasteiger partial charge is 0.422 e. The van der Waals surface area contributed by atoms with Crippen LogP contribution in [0.15, 0.2) is 33.7 Å². The number of benzene rings is 1. The van der Waals surface area contributed by atoms with Gasteiger partial charge < -0.3 is 24.5 Å². The summed E-state index contributed by atoms with van der Waals surface area (Å²) < 4.78 is 52.6. The molecule has 2 rings (SSSR count). The van der Waals surface area contributed by atoms with Gasteiger partial charge in [-0.15, -0.1) is 0 Å². The van der Waals surface area contributed by atoms with Crippen LogP contribution in [0.5, 0.6) is 5.75 Å². The van der Waals surface area contributed by atoms with E-state index in [4.69, 9.17) is 9.15 Å². The van der Waals surface area contributed by atoms with Crippen LogP contribution in [0.1, 0.15) is 33.0 Å². The van der Waals surface area contributed by atoms with Gasteiger partial charge in [0.2, 0.25) is 0 Å². The van der Waals surface area contributed by atoms with E-state index in [1.54, 1.807) is 45.2 Å². The Labute approximate surface area is 172 Å². The third-order valence-corrected chi connectivity index (χ3v) is 4.09. The molecule has 0 radical (unpaired) electrons. The van der Waals surface area contributed by atoms with E-state index in [1.807, 2.05) is 0 Å². The van der Waals surface area contributed by atoms with Gasteiger partial charge in [0.25, 0.3) is 0 Å². The number of hydrogen-bond acceptors (Lipinski definition) is 5. The number of aliphatic imine (C=N–C) groups is 1. The number of guanidine groups is 1. The summed E-state index contributed by atoms with van der Waals surface area (Å²) in [6, 6.07) is 6.61. The van der Waals surface area contributed by atoms with Crippen molar-refractivity contribution in [2.75, 3.05) is 20.8 Å². The molecular formula is C20H24F3N3O4. The summed E-state index contributed by atoms with van der Waals surface area (Å²) >= 11 is 0. The molecular weight excluding hydrogens is 403 g/mol. The minimum Gasteiger partial charge on any atom is -0.484 e. The fourth-order valence-electron chi connectivity index (χ4n) is 2.62. The second kappa shape index (κ2) is 10.0. The van der Waals surface area contributed by atoms with Gasteiger partial charge in [-0.2, -0.15) is 13.2 Å². The Balaban J connectivity index is 1.98. The number of carbonyl (C=O) groups excluding carboxylic acids is 1. The molecule has 2 aromatic rings. The lowest BCUT2D eigenvalue weighted by Crippen LogP contribution is -2.36. The van der Waals surface area contributed by atoms with Gasteiger partial charge in [-0.05, 0) is 31.5 Å². The van der Waals surface area contributed by atoms with Crippen LogP contribution in [0.3, 0.4) is 0 Å². The summed E-state index contributed by atoms with van der Waals surface area (Å²) in [5.41, 5.74) is 1.67. The van der Waals surface area contributed by atoms with E-state index in [-0.39, 0.29) is 18.8 Å². The minimum atomic E-state index is -4.42. The molecule has 10 heteroatoms. The van der Waals surface area contributed by atoms with Crippen molar-refractivity contribution in [3.05, 3.63) is 52.5 Å². The van der Waals surface area contributed by atoms with Gasteiger partial charge in [-0.1, -0.05) is 12.1 Å². The van der Waals surface area contributed by atoms with E-state index >= 15 is 0 Å². The molecule has 30 heavy (non-hydrogen) atoms. The molecule has 1 heterocycles. The largest absolute Gasteiger partial charge is 0.484 e. The van der Waals surface area contributed by atoms with Crippen LogP contribution in [0.4, 0.5) is 13.2 Å². The summed E-state index contributed by atoms with van der Waals surface area (Å²) in [5.74, 6) is 0.995. The van der Waals surface area contributed by atoms with E-state index in [2.05, 4.69) is 20.4 Å². The Bertz CT molecular complexity index is 907. The van der Waals surface area contributed by atoms with E-state index in [0.717, 1.165) is 5.56 Å². The molecule has 1 aromatic carbocycles. The lowest BCUT2D eigenvalue weighted by atomic mass is 10.1. The van der Waals surface area contributed by atoms with Crippen LogP contribution in [0.2, 0.25) is 0 Å². The number of carbonyl (C=O) groups is 1. The molecule has 0 saturated carbocycles. The predicted molar refractivity (Wildman–Crippen MR) is 105 cm³/mol. The van der Waals surface area contributed by atoms with Crippen LogP contribution in [0, 0.1) is 13.8 Å². The number of nitrogens with one attached hydrogen (secondary N) is 2. The SMILES string of the molecule is CN=C(NCc1cc(C(=O)OC)c(C)o1)NCc1ccc(C)cc1OCC(F)(F)F. The number of aryl methyl sites for hydroxylation is 2. The highest BCUT2D eigenvalue weighted by molar-refractivity contribution is 5.90. The molecule has 0 aliphatic rings. The zero-order valence-corrected chi connectivity index (χ0v) is 17.1. The van der Waals surface area contributed by atoms with E-state index in [1.165, 1.54) is 7.11 Å². The van der Waals surface area contributed by atoms with Crippen LogP contribution >= 0.6 is 0 Å². The highest BCUT2D eigenvalue weighted by atomic mass is 19.4. The van der Waals surface area contributed by atoms with Crippen molar-refractivity contribution in [3.8, 4) is 5.75 Å². The standard InChI is InChI=1S/C20H24F3N3O4/c1-12-5-6-14(17(7-12)29-11-20(21,22)23)9-25-19(24-3)26-10-15-8-16(13(2)30-15)18(27)28-4/h5-8H,9-11H2,1-4H3,(H2,24,25,26). The molecule has 0 spiro atoms. The Morgan fingerprint density at radius 2 is 1.87 bits per heavy atom. The Morgan fingerprint density at radius 1 is 1.17 bits per heavy atom. The summed E-state index contributed by atoms with van der Waals surface area (Å²) in [7, 11) is 2.84. The van der Waals surface area contributed by atoms with Gasteiger partial charge in [0.05, 0.1) is 13.7 Å². The van der Waals surface area contributed by atoms with Gasteiger partial charge in [-0.3, -0.25) is 4.99 Å². The van der Waals surface area contributed by atoms with Gasteiger partial charge in [0.15, 0.2) is 12.6 Å². The van der Waals surface area contributed by atoms with Crippen LogP contribution in [0.25, 0.3) is 0 Å². The third kappa shape index (κ3) is 6.71. The molecule has 0 aliphatic heterocycles. The zero-order chi connectivity index (χ0) is 22.3. The molecule has 0 bridgehead atoms. The zero-order valence-electron chi connectivity index (χ0n) is 17.1. The number of alkyl halides is 3. The summed E-state index contributed by atoms with van der Waals surface area (Å²) in [5, 5.41) is 6.03. The molecule has 164 valence electrons. The molecule has 0 unspecified atom stereocenters. The molecule has 0 saturated heterocycles. The minimum absolute atomic E-state index is 0.152. The Kier molecular flexibility index (Phi) is 7.73. The average Bonchev–Trinajstić information content (AvgIpc) is 3.07. The number of methoxy groups -OCH3 is 1. The number of ether oxygens (including phenoxy) is 2. The molecule has 7 nitrogen and oxygen atoms in total. The van der Waals surface area contributed by atoms with E-state index in [9.17, 15) is 18.0 Å². The van der Waals surface area contributed by atoms with Gasteiger partial charge in [0.1, 0.15) is 22.8 Å². The maximum Gasteiger partial charge on any atom is 0.422 e. The lowest BCUT2D eigenvalue weighted by Gasteiger charge is -2.16. The third-order valence-electron chi connectivity index (χ3n) is 4.09. The fourth-order valence-corrected chi connectivity index (χ4v) is 2.62. The first-order valence-electron chi connectivity index (χ1n) is 9.04. The first kappa shape index (κ1) is 23.1. The second-order valence-electron chi connectivity index (χ2n) is 6.47. The van der Waals surface area contributed by atoms with Gasteiger partial charge in [-0.25, -0.2) is 4.79 Å². The van der Waals surface area contributed by atoms with Crippen molar-refractivity contribution in [2.45, 2.75) is 33.1 Å². The predicted octanol–water partition coefficient (Wildman–Crippen LogP) is 3.49. The number of nitrogens with zero attached hydrogens (tertiary/aromatic N) is 1. The summed E-state index contributed by atoms with van der Waals surface area (Å²) in [6.45, 7) is 2.49. The molecule has 2 N–H and O–H groups in total. The van der Waals surface area contributed by atoms with Crippen LogP contribution in [-0.2, 0) is 17.8 Å². The van der Waals surface area contributed by atoms with Crippen molar-refractivity contribution in [1.29, 1.82) is 0 Å². The number of rotatable bonds is 7. The molecule has 0 amide bonds. The summed E-state index contributed by atoms with van der Waals surface area (Å²) in [6.07, 6.45) is -4.42. The topological polar surface area (TPSA) is 85.1 Å². The Morgan fingerprint density at radius 3 is 2.50 bits per heavy atom. The number of furan rings is 1. The van der Waals surface area contributed by atoms with E-state index in [0.29, 0.717) is 28.6 Å². The first-order chi connectivity index (χ1) is 14.1. The van der Waals surface area contributed by atoms with Crippen molar-refractivity contribution < 1.29 is 31.9 Å². The van der Waals surface area contributed by atoms with Crippen molar-refractivity contribution in [3.63, 3.8) is 0 Å². The van der Waals surface area contributed by atoms with Crippen molar-refractivity contribution in [2.24, 2.45) is 4.99 Å². The Hall–Kier alpha value is -3.17. The lowest BCUT2D eigenvalue weighted by molar-refractivity contribution is -0.153. The van der Waals surface area contributed by atoms with E-state index < -0.39 is 18.8 Å². The van der Waals surface area contributed by atoms with Gasteiger partial charge in [0, 0.05) is 19.2 Å². The normalized spacial score (nSPS) is 11.9. The summed E-state index contributed by atoms with van der Waals surface area (Å²) in [4.78, 5) is 15.7. The number of halogens is 3. The maximum absolute atomic E-state index is 12.5. The highest BCUT2D eigenvalue weighted by Gasteiger charge is 2.28. The number of hydrogen-bond donors (Lipinski definition) is 2. The molecule has 0 aliphatic carbocycles. The highest BCUT2D eigenvalue weighted by Crippen LogP contribution is 2.23. The van der Waals surface area contributed by atoms with Gasteiger partial charge >= 0.3 is 12.1 Å². The van der Waals surface area contributed by atoms with Crippen molar-refractivity contribution in [1.82, 2.24) is 10.6 Å². The maximum atomic E-state index is 12.5. The van der Waals surface area contributed by atoms with Crippen LogP contribution < -0.4 is 15.4 Å². The first-order valence-corrected chi connectivity index (χ1v) is 9.04. The molecule has 1 aromatic heterocycles. The average molecular weight is 427 g/mol. The fraction of sp³-hybridized carbons (Fsp3) is 0.400. The number of esters is 1. The molecule has 0 fully saturated rings. The molecule has 0 atom stereocenters. The van der Waals surface area contributed by atoms with Crippen LogP contribution in [-0.4, -0.2) is 38.9 Å². The second-order valence-corrected chi connectivity index (χ2v) is 6.47. The quantitative estimate of drug-likeness (QED) is 0.400. The monoisotopic (exact) mass is 427 g/mol.